The number of nitrogens with two attached hydrogens (primary N) is 1. The standard InChI is InChI=1S/C36H51N7O10S/c1-36(2,49)30-20-38-41-43(30)25-19-28(34(47)39-24-13-14-53-29(18-24)31(44)32(37)45)42(21-25)35(48)27(17-22-7-5-4-6-8-22)40-33(46)23-9-11-26(12-10-23)54(50,51)16-15-52-3/h9-12,20,22,24-25,27-29,49H,4-8,13-19,21H2,1-3H3,(H2,37,45)(H,39,47)(H,40,46)/t24?,25-,27+,28-,29?/m0/s1. The molecule has 296 valence electrons. The van der Waals surface area contributed by atoms with Crippen molar-refractivity contribution in [2.45, 2.75) is 112 Å². The van der Waals surface area contributed by atoms with Crippen LogP contribution in [-0.4, -0.2) is 120 Å². The number of methoxy groups -OCH3 is 1. The van der Waals surface area contributed by atoms with Crippen molar-refractivity contribution in [1.82, 2.24) is 30.5 Å². The molecule has 18 heteroatoms. The smallest absolute Gasteiger partial charge is 0.287 e. The molecule has 2 unspecified atom stereocenters. The molecular formula is C36H51N7O10S. The van der Waals surface area contributed by atoms with Gasteiger partial charge in [-0.15, -0.1) is 5.10 Å². The molecule has 1 aliphatic carbocycles. The Labute approximate surface area is 314 Å². The van der Waals surface area contributed by atoms with Crippen molar-refractivity contribution in [3.8, 4) is 0 Å². The quantitative estimate of drug-likeness (QED) is 0.182. The Kier molecular flexibility index (Phi) is 13.2. The molecule has 1 aromatic carbocycles. The highest BCUT2D eigenvalue weighted by Gasteiger charge is 2.45. The maximum absolute atomic E-state index is 14.7. The molecule has 0 radical (unpaired) electrons. The predicted molar refractivity (Wildman–Crippen MR) is 192 cm³/mol. The number of sulfone groups is 1. The lowest BCUT2D eigenvalue weighted by Crippen LogP contribution is -2.56. The fourth-order valence-corrected chi connectivity index (χ4v) is 8.72. The molecule has 54 heavy (non-hydrogen) atoms. The largest absolute Gasteiger partial charge is 0.384 e. The third-order valence-corrected chi connectivity index (χ3v) is 12.2. The minimum Gasteiger partial charge on any atom is -0.384 e. The molecule has 3 fully saturated rings. The number of ether oxygens (including phenoxy) is 2. The van der Waals surface area contributed by atoms with Crippen molar-refractivity contribution >= 4 is 39.2 Å². The number of aliphatic hydroxyl groups is 1. The summed E-state index contributed by atoms with van der Waals surface area (Å²) in [5.74, 6) is -3.64. The minimum absolute atomic E-state index is 0.0188. The molecule has 2 aromatic rings. The summed E-state index contributed by atoms with van der Waals surface area (Å²) in [7, 11) is -2.22. The summed E-state index contributed by atoms with van der Waals surface area (Å²) in [6.45, 7) is 3.30. The third kappa shape index (κ3) is 9.88. The van der Waals surface area contributed by atoms with Crippen LogP contribution in [0.25, 0.3) is 0 Å². The van der Waals surface area contributed by atoms with Gasteiger partial charge in [-0.25, -0.2) is 13.1 Å². The highest BCUT2D eigenvalue weighted by molar-refractivity contribution is 7.91. The van der Waals surface area contributed by atoms with Crippen LogP contribution in [0.4, 0.5) is 0 Å². The number of benzene rings is 1. The van der Waals surface area contributed by atoms with Crippen LogP contribution >= 0.6 is 0 Å². The second-order valence-electron chi connectivity index (χ2n) is 14.9. The third-order valence-electron chi connectivity index (χ3n) is 10.5. The molecule has 1 aromatic heterocycles. The Balaban J connectivity index is 1.41. The number of primary amides is 1. The first-order valence-electron chi connectivity index (χ1n) is 18.4. The van der Waals surface area contributed by atoms with E-state index < -0.39 is 75.1 Å². The van der Waals surface area contributed by atoms with Crippen LogP contribution in [0.1, 0.15) is 93.7 Å². The molecule has 4 amide bonds. The summed E-state index contributed by atoms with van der Waals surface area (Å²) in [5.41, 5.74) is 4.40. The lowest BCUT2D eigenvalue weighted by atomic mass is 9.84. The molecule has 2 saturated heterocycles. The van der Waals surface area contributed by atoms with Crippen LogP contribution < -0.4 is 16.4 Å². The fraction of sp³-hybridized carbons (Fsp3) is 0.639. The Bertz CT molecular complexity index is 1790. The minimum atomic E-state index is -3.63. The summed E-state index contributed by atoms with van der Waals surface area (Å²) < 4.78 is 37.2. The number of amides is 4. The average molecular weight is 774 g/mol. The molecule has 17 nitrogen and oxygen atoms in total. The molecule has 5 atom stereocenters. The molecule has 1 saturated carbocycles. The van der Waals surface area contributed by atoms with Gasteiger partial charge in [0.2, 0.25) is 17.6 Å². The Hall–Kier alpha value is -4.26. The molecule has 5 rings (SSSR count). The lowest BCUT2D eigenvalue weighted by molar-refractivity contribution is -0.146. The first-order valence-corrected chi connectivity index (χ1v) is 20.1. The Morgan fingerprint density at radius 1 is 1.07 bits per heavy atom. The van der Waals surface area contributed by atoms with Crippen molar-refractivity contribution in [3.63, 3.8) is 0 Å². The fourth-order valence-electron chi connectivity index (χ4n) is 7.55. The van der Waals surface area contributed by atoms with Crippen LogP contribution in [-0.2, 0) is 44.1 Å². The van der Waals surface area contributed by atoms with E-state index in [0.717, 1.165) is 32.1 Å². The molecule has 0 bridgehead atoms. The second kappa shape index (κ2) is 17.5. The predicted octanol–water partition coefficient (Wildman–Crippen LogP) is 0.555. The monoisotopic (exact) mass is 773 g/mol. The van der Waals surface area contributed by atoms with Gasteiger partial charge in [0.05, 0.1) is 35.2 Å². The highest BCUT2D eigenvalue weighted by Crippen LogP contribution is 2.34. The van der Waals surface area contributed by atoms with Gasteiger partial charge < -0.3 is 35.8 Å². The highest BCUT2D eigenvalue weighted by atomic mass is 32.2. The summed E-state index contributed by atoms with van der Waals surface area (Å²) in [6.07, 6.45) is 5.97. The molecular weight excluding hydrogens is 723 g/mol. The van der Waals surface area contributed by atoms with E-state index in [1.54, 1.807) is 13.8 Å². The summed E-state index contributed by atoms with van der Waals surface area (Å²) in [6, 6.07) is 2.32. The van der Waals surface area contributed by atoms with Crippen molar-refractivity contribution in [3.05, 3.63) is 41.7 Å². The van der Waals surface area contributed by atoms with Gasteiger partial charge in [-0.1, -0.05) is 37.3 Å². The maximum Gasteiger partial charge on any atom is 0.287 e. The van der Waals surface area contributed by atoms with E-state index in [2.05, 4.69) is 20.9 Å². The zero-order valence-electron chi connectivity index (χ0n) is 30.9. The van der Waals surface area contributed by atoms with Crippen LogP contribution in [0.2, 0.25) is 0 Å². The first-order chi connectivity index (χ1) is 25.6. The van der Waals surface area contributed by atoms with Gasteiger partial charge in [-0.3, -0.25) is 24.0 Å². The van der Waals surface area contributed by atoms with Gasteiger partial charge >= 0.3 is 0 Å². The lowest BCUT2D eigenvalue weighted by Gasteiger charge is -2.33. The number of likely N-dealkylation sites (tertiary alicyclic amines) is 1. The molecule has 2 aliphatic heterocycles. The number of Topliss-reactive ketones (excluding diaryl/α,β-unsaturated/α-hetero) is 1. The molecule has 0 spiro atoms. The van der Waals surface area contributed by atoms with E-state index in [1.807, 2.05) is 0 Å². The molecule has 3 aliphatic rings. The number of hydrogen-bond acceptors (Lipinski definition) is 12. The van der Waals surface area contributed by atoms with Crippen LogP contribution in [0.15, 0.2) is 35.4 Å². The van der Waals surface area contributed by atoms with Crippen LogP contribution in [0.3, 0.4) is 0 Å². The van der Waals surface area contributed by atoms with E-state index in [-0.39, 0.29) is 54.7 Å². The average Bonchev–Trinajstić information content (AvgIpc) is 3.82. The SMILES string of the molecule is COCCS(=O)(=O)c1ccc(C(=O)N[C@H](CC2CCCCC2)C(=O)N2C[C@@H](n3nncc3C(C)(C)O)C[C@H]2C(=O)NC2CCOC(C(=O)C(N)=O)C2)cc1. The van der Waals surface area contributed by atoms with Gasteiger partial charge in [-0.05, 0) is 56.9 Å². The summed E-state index contributed by atoms with van der Waals surface area (Å²) >= 11 is 0. The molecule has 5 N–H and O–H groups in total. The number of hydrogen-bond donors (Lipinski definition) is 4. The van der Waals surface area contributed by atoms with E-state index in [9.17, 15) is 37.5 Å². The van der Waals surface area contributed by atoms with Gasteiger partial charge in [0, 0.05) is 44.7 Å². The van der Waals surface area contributed by atoms with Gasteiger partial charge in [0.1, 0.15) is 23.8 Å². The second-order valence-corrected chi connectivity index (χ2v) is 17.0. The van der Waals surface area contributed by atoms with Crippen molar-refractivity contribution in [1.29, 1.82) is 0 Å². The number of nitrogens with one attached hydrogen (secondary N) is 2. The number of aromatic nitrogens is 3. The maximum atomic E-state index is 14.7. The van der Waals surface area contributed by atoms with Gasteiger partial charge in [0.25, 0.3) is 11.8 Å². The first kappa shape index (κ1) is 40.9. The zero-order valence-corrected chi connectivity index (χ0v) is 31.8. The van der Waals surface area contributed by atoms with Crippen LogP contribution in [0, 0.1) is 5.92 Å². The van der Waals surface area contributed by atoms with Crippen LogP contribution in [0.5, 0.6) is 0 Å². The number of nitrogens with zero attached hydrogens (tertiary/aromatic N) is 4. The van der Waals surface area contributed by atoms with Gasteiger partial charge in [0.15, 0.2) is 9.84 Å². The van der Waals surface area contributed by atoms with E-state index in [0.29, 0.717) is 18.5 Å². The number of ketones is 1. The van der Waals surface area contributed by atoms with Crippen molar-refractivity contribution in [2.75, 3.05) is 32.6 Å². The topological polar surface area (TPSA) is 242 Å². The number of rotatable bonds is 15. The van der Waals surface area contributed by atoms with Gasteiger partial charge in [-0.2, -0.15) is 0 Å². The number of carbonyl (C=O) groups is 5. The van der Waals surface area contributed by atoms with E-state index >= 15 is 0 Å². The van der Waals surface area contributed by atoms with E-state index in [1.165, 1.54) is 47.2 Å². The summed E-state index contributed by atoms with van der Waals surface area (Å²) in [4.78, 5) is 67.8. The summed E-state index contributed by atoms with van der Waals surface area (Å²) in [5, 5.41) is 24.9. The normalized spacial score (nSPS) is 23.1. The molecule has 3 heterocycles. The zero-order chi connectivity index (χ0) is 39.2. The Morgan fingerprint density at radius 2 is 1.78 bits per heavy atom. The number of carbonyl (C=O) groups excluding carboxylic acids is 5. The van der Waals surface area contributed by atoms with E-state index in [4.69, 9.17) is 15.2 Å². The Morgan fingerprint density at radius 3 is 2.43 bits per heavy atom. The van der Waals surface area contributed by atoms with Crippen molar-refractivity contribution < 1.29 is 47.0 Å². The van der Waals surface area contributed by atoms with Crippen molar-refractivity contribution in [2.24, 2.45) is 11.7 Å².